The number of rotatable bonds is 3. The zero-order valence-corrected chi connectivity index (χ0v) is 12.0. The standard InChI is InChI=1S/C14H12BrN3O2/c15-11-4-5-13(19)10(6-11)8-17-18-14(20)9-2-1-3-12(16)7-9/h1-8,19H,16H2,(H,18,20). The zero-order valence-electron chi connectivity index (χ0n) is 10.4. The average molecular weight is 334 g/mol. The highest BCUT2D eigenvalue weighted by Gasteiger charge is 2.04. The van der Waals surface area contributed by atoms with E-state index in [1.165, 1.54) is 12.3 Å². The zero-order chi connectivity index (χ0) is 14.5. The summed E-state index contributed by atoms with van der Waals surface area (Å²) in [5.74, 6) is -0.293. The number of phenolic OH excluding ortho intramolecular Hbond substituents is 1. The molecule has 2 rings (SSSR count). The molecule has 20 heavy (non-hydrogen) atoms. The van der Waals surface area contributed by atoms with Gasteiger partial charge in [-0.15, -0.1) is 0 Å². The predicted molar refractivity (Wildman–Crippen MR) is 81.7 cm³/mol. The van der Waals surface area contributed by atoms with E-state index in [2.05, 4.69) is 26.5 Å². The molecule has 0 heterocycles. The maximum absolute atomic E-state index is 11.8. The molecule has 0 atom stereocenters. The van der Waals surface area contributed by atoms with Crippen LogP contribution in [-0.2, 0) is 0 Å². The van der Waals surface area contributed by atoms with Gasteiger partial charge in [0, 0.05) is 21.3 Å². The van der Waals surface area contributed by atoms with Crippen molar-refractivity contribution in [3.8, 4) is 5.75 Å². The first-order chi connectivity index (χ1) is 9.56. The molecule has 0 aliphatic heterocycles. The Morgan fingerprint density at radius 2 is 2.10 bits per heavy atom. The molecule has 1 amide bonds. The van der Waals surface area contributed by atoms with Crippen LogP contribution in [0.2, 0.25) is 0 Å². The topological polar surface area (TPSA) is 87.7 Å². The van der Waals surface area contributed by atoms with Crippen LogP contribution in [0.3, 0.4) is 0 Å². The smallest absolute Gasteiger partial charge is 0.271 e. The van der Waals surface area contributed by atoms with Crippen LogP contribution in [-0.4, -0.2) is 17.2 Å². The van der Waals surface area contributed by atoms with Crippen LogP contribution < -0.4 is 11.2 Å². The summed E-state index contributed by atoms with van der Waals surface area (Å²) < 4.78 is 0.805. The fourth-order valence-corrected chi connectivity index (χ4v) is 1.91. The second kappa shape index (κ2) is 6.21. The molecule has 0 saturated heterocycles. The minimum Gasteiger partial charge on any atom is -0.507 e. The minimum absolute atomic E-state index is 0.0788. The van der Waals surface area contributed by atoms with E-state index in [0.29, 0.717) is 16.8 Å². The molecule has 0 fully saturated rings. The molecule has 0 aliphatic rings. The number of benzene rings is 2. The van der Waals surface area contributed by atoms with Crippen molar-refractivity contribution in [3.63, 3.8) is 0 Å². The number of hydrazone groups is 1. The van der Waals surface area contributed by atoms with Crippen molar-refractivity contribution in [2.75, 3.05) is 5.73 Å². The molecular weight excluding hydrogens is 322 g/mol. The largest absolute Gasteiger partial charge is 0.507 e. The Kier molecular flexibility index (Phi) is 4.37. The van der Waals surface area contributed by atoms with Crippen molar-refractivity contribution in [1.82, 2.24) is 5.43 Å². The SMILES string of the molecule is Nc1cccc(C(=O)NN=Cc2cc(Br)ccc2O)c1. The molecule has 102 valence electrons. The summed E-state index contributed by atoms with van der Waals surface area (Å²) in [5, 5.41) is 13.4. The van der Waals surface area contributed by atoms with Gasteiger partial charge in [0.05, 0.1) is 6.21 Å². The van der Waals surface area contributed by atoms with Gasteiger partial charge in [-0.3, -0.25) is 4.79 Å². The molecular formula is C14H12BrN3O2. The first-order valence-corrected chi connectivity index (χ1v) is 6.53. The lowest BCUT2D eigenvalue weighted by atomic mass is 10.2. The van der Waals surface area contributed by atoms with Crippen molar-refractivity contribution < 1.29 is 9.90 Å². The number of halogens is 1. The Balaban J connectivity index is 2.06. The summed E-state index contributed by atoms with van der Waals surface area (Å²) in [5.41, 5.74) is 9.38. The highest BCUT2D eigenvalue weighted by molar-refractivity contribution is 9.10. The number of carbonyl (C=O) groups is 1. The lowest BCUT2D eigenvalue weighted by Crippen LogP contribution is -2.17. The second-order valence-corrected chi connectivity index (χ2v) is 4.94. The van der Waals surface area contributed by atoms with Gasteiger partial charge in [-0.05, 0) is 36.4 Å². The molecule has 0 radical (unpaired) electrons. The van der Waals surface area contributed by atoms with Crippen molar-refractivity contribution in [2.24, 2.45) is 5.10 Å². The van der Waals surface area contributed by atoms with Crippen molar-refractivity contribution >= 4 is 33.7 Å². The number of hydrogen-bond donors (Lipinski definition) is 3. The molecule has 0 unspecified atom stereocenters. The maximum atomic E-state index is 11.8. The summed E-state index contributed by atoms with van der Waals surface area (Å²) in [6, 6.07) is 11.5. The molecule has 2 aromatic rings. The fraction of sp³-hybridized carbons (Fsp3) is 0. The van der Waals surface area contributed by atoms with Crippen molar-refractivity contribution in [2.45, 2.75) is 0 Å². The number of phenols is 1. The van der Waals surface area contributed by atoms with Gasteiger partial charge >= 0.3 is 0 Å². The van der Waals surface area contributed by atoms with E-state index in [1.807, 2.05) is 0 Å². The third-order valence-corrected chi connectivity index (χ3v) is 3.00. The van der Waals surface area contributed by atoms with E-state index in [4.69, 9.17) is 5.73 Å². The lowest BCUT2D eigenvalue weighted by Gasteiger charge is -2.02. The maximum Gasteiger partial charge on any atom is 0.271 e. The Morgan fingerprint density at radius 1 is 1.30 bits per heavy atom. The highest BCUT2D eigenvalue weighted by Crippen LogP contribution is 2.19. The summed E-state index contributed by atoms with van der Waals surface area (Å²) in [6.45, 7) is 0. The van der Waals surface area contributed by atoms with Gasteiger partial charge < -0.3 is 10.8 Å². The number of aromatic hydroxyl groups is 1. The first kappa shape index (κ1) is 14.1. The van der Waals surface area contributed by atoms with Crippen LogP contribution in [0.5, 0.6) is 5.75 Å². The quantitative estimate of drug-likeness (QED) is 0.458. The molecule has 0 bridgehead atoms. The summed E-state index contributed by atoms with van der Waals surface area (Å²) in [7, 11) is 0. The van der Waals surface area contributed by atoms with E-state index in [0.717, 1.165) is 4.47 Å². The Labute approximate surface area is 124 Å². The van der Waals surface area contributed by atoms with Gasteiger partial charge in [0.15, 0.2) is 0 Å². The number of nitrogens with one attached hydrogen (secondary N) is 1. The first-order valence-electron chi connectivity index (χ1n) is 5.74. The average Bonchev–Trinajstić information content (AvgIpc) is 2.42. The fourth-order valence-electron chi connectivity index (χ4n) is 1.53. The van der Waals surface area contributed by atoms with Crippen LogP contribution in [0.25, 0.3) is 0 Å². The molecule has 5 nitrogen and oxygen atoms in total. The molecule has 0 aromatic heterocycles. The third-order valence-electron chi connectivity index (χ3n) is 2.51. The summed E-state index contributed by atoms with van der Waals surface area (Å²) in [4.78, 5) is 11.8. The summed E-state index contributed by atoms with van der Waals surface area (Å²) in [6.07, 6.45) is 1.37. The minimum atomic E-state index is -0.372. The molecule has 6 heteroatoms. The Morgan fingerprint density at radius 3 is 2.85 bits per heavy atom. The molecule has 0 spiro atoms. The van der Waals surface area contributed by atoms with Crippen LogP contribution in [0.15, 0.2) is 52.0 Å². The second-order valence-electron chi connectivity index (χ2n) is 4.03. The summed E-state index contributed by atoms with van der Waals surface area (Å²) >= 11 is 3.29. The van der Waals surface area contributed by atoms with Gasteiger partial charge in [-0.25, -0.2) is 5.43 Å². The van der Waals surface area contributed by atoms with E-state index < -0.39 is 0 Å². The van der Waals surface area contributed by atoms with Gasteiger partial charge in [0.1, 0.15) is 5.75 Å². The van der Waals surface area contributed by atoms with Crippen molar-refractivity contribution in [1.29, 1.82) is 0 Å². The number of nitrogens with two attached hydrogens (primary N) is 1. The van der Waals surface area contributed by atoms with Gasteiger partial charge in [-0.1, -0.05) is 22.0 Å². The van der Waals surface area contributed by atoms with Crippen LogP contribution in [0.1, 0.15) is 15.9 Å². The van der Waals surface area contributed by atoms with E-state index in [1.54, 1.807) is 36.4 Å². The highest BCUT2D eigenvalue weighted by atomic mass is 79.9. The Bertz CT molecular complexity index is 671. The number of nitrogen functional groups attached to an aromatic ring is 1. The van der Waals surface area contributed by atoms with Crippen LogP contribution >= 0.6 is 15.9 Å². The van der Waals surface area contributed by atoms with Gasteiger partial charge in [0.25, 0.3) is 5.91 Å². The predicted octanol–water partition coefficient (Wildman–Crippen LogP) is 2.50. The van der Waals surface area contributed by atoms with E-state index in [-0.39, 0.29) is 11.7 Å². The van der Waals surface area contributed by atoms with E-state index in [9.17, 15) is 9.90 Å². The number of hydrogen-bond acceptors (Lipinski definition) is 4. The molecule has 0 saturated carbocycles. The molecule has 4 N–H and O–H groups in total. The normalized spacial score (nSPS) is 10.7. The monoisotopic (exact) mass is 333 g/mol. The van der Waals surface area contributed by atoms with Crippen molar-refractivity contribution in [3.05, 3.63) is 58.1 Å². The molecule has 0 aliphatic carbocycles. The van der Waals surface area contributed by atoms with Crippen LogP contribution in [0, 0.1) is 0 Å². The number of amides is 1. The van der Waals surface area contributed by atoms with Gasteiger partial charge in [-0.2, -0.15) is 5.10 Å². The number of anilines is 1. The van der Waals surface area contributed by atoms with E-state index >= 15 is 0 Å². The number of carbonyl (C=O) groups excluding carboxylic acids is 1. The lowest BCUT2D eigenvalue weighted by molar-refractivity contribution is 0.0955. The third kappa shape index (κ3) is 3.58. The Hall–Kier alpha value is -2.34. The molecule has 2 aromatic carbocycles. The van der Waals surface area contributed by atoms with Gasteiger partial charge in [0.2, 0.25) is 0 Å². The number of nitrogens with zero attached hydrogens (tertiary/aromatic N) is 1. The van der Waals surface area contributed by atoms with Crippen LogP contribution in [0.4, 0.5) is 5.69 Å².